The minimum atomic E-state index is -0.0592. The van der Waals surface area contributed by atoms with E-state index in [4.69, 9.17) is 4.74 Å². The zero-order chi connectivity index (χ0) is 12.3. The molecular formula is C12H12N2O2S. The molecule has 0 aliphatic rings. The molecule has 0 unspecified atom stereocenters. The van der Waals surface area contributed by atoms with Crippen molar-refractivity contribution < 1.29 is 9.53 Å². The third kappa shape index (κ3) is 2.88. The van der Waals surface area contributed by atoms with Crippen molar-refractivity contribution in [1.82, 2.24) is 9.59 Å². The molecule has 0 aliphatic carbocycles. The van der Waals surface area contributed by atoms with E-state index in [0.717, 1.165) is 17.3 Å². The number of ether oxygens (including phenoxy) is 1. The Morgan fingerprint density at radius 2 is 2.00 bits per heavy atom. The molecule has 0 aliphatic heterocycles. The maximum Gasteiger partial charge on any atom is 0.206 e. The fourth-order valence-corrected chi connectivity index (χ4v) is 1.84. The molecular weight excluding hydrogens is 236 g/mol. The van der Waals surface area contributed by atoms with Gasteiger partial charge in [-0.25, -0.2) is 0 Å². The summed E-state index contributed by atoms with van der Waals surface area (Å²) in [5, 5.41) is 3.65. The minimum absolute atomic E-state index is 0.0592. The van der Waals surface area contributed by atoms with Crippen molar-refractivity contribution in [1.29, 1.82) is 0 Å². The predicted molar refractivity (Wildman–Crippen MR) is 65.5 cm³/mol. The standard InChI is InChI=1S/C12H12N2O2S/c1-8(2)16-10-5-3-9(4-6-10)12(15)11-7-13-14-17-11/h3-8H,1-2H3. The number of ketones is 1. The molecule has 0 saturated carbocycles. The van der Waals surface area contributed by atoms with Gasteiger partial charge in [0.2, 0.25) is 5.78 Å². The summed E-state index contributed by atoms with van der Waals surface area (Å²) < 4.78 is 9.18. The molecule has 1 aromatic heterocycles. The summed E-state index contributed by atoms with van der Waals surface area (Å²) in [6.07, 6.45) is 1.60. The summed E-state index contributed by atoms with van der Waals surface area (Å²) >= 11 is 1.10. The van der Waals surface area contributed by atoms with Crippen LogP contribution >= 0.6 is 11.5 Å². The van der Waals surface area contributed by atoms with Crippen molar-refractivity contribution in [3.05, 3.63) is 40.9 Å². The zero-order valence-corrected chi connectivity index (χ0v) is 10.4. The van der Waals surface area contributed by atoms with Crippen LogP contribution in [-0.4, -0.2) is 21.5 Å². The second kappa shape index (κ2) is 5.05. The largest absolute Gasteiger partial charge is 0.491 e. The van der Waals surface area contributed by atoms with Gasteiger partial charge in [0, 0.05) is 5.56 Å². The van der Waals surface area contributed by atoms with Crippen molar-refractivity contribution >= 4 is 17.3 Å². The molecule has 0 bridgehead atoms. The van der Waals surface area contributed by atoms with Gasteiger partial charge in [-0.15, -0.1) is 5.10 Å². The molecule has 4 nitrogen and oxygen atoms in total. The van der Waals surface area contributed by atoms with Gasteiger partial charge in [0.15, 0.2) is 0 Å². The third-order valence-corrected chi connectivity index (χ3v) is 2.74. The Kier molecular flexibility index (Phi) is 3.49. The van der Waals surface area contributed by atoms with Crippen LogP contribution in [-0.2, 0) is 0 Å². The van der Waals surface area contributed by atoms with Gasteiger partial charge < -0.3 is 4.74 Å². The van der Waals surface area contributed by atoms with Crippen LogP contribution in [0.15, 0.2) is 30.5 Å². The Labute approximate surface area is 103 Å². The number of rotatable bonds is 4. The molecule has 1 heterocycles. The van der Waals surface area contributed by atoms with Gasteiger partial charge in [-0.2, -0.15) is 0 Å². The molecule has 0 amide bonds. The Morgan fingerprint density at radius 1 is 1.29 bits per heavy atom. The smallest absolute Gasteiger partial charge is 0.206 e. The highest BCUT2D eigenvalue weighted by molar-refractivity contribution is 7.08. The molecule has 2 rings (SSSR count). The van der Waals surface area contributed by atoms with Crippen LogP contribution in [0.3, 0.4) is 0 Å². The number of carbonyl (C=O) groups excluding carboxylic acids is 1. The van der Waals surface area contributed by atoms with Crippen molar-refractivity contribution in [2.75, 3.05) is 0 Å². The highest BCUT2D eigenvalue weighted by Gasteiger charge is 2.11. The third-order valence-electron chi connectivity index (χ3n) is 2.07. The highest BCUT2D eigenvalue weighted by Crippen LogP contribution is 2.17. The summed E-state index contributed by atoms with van der Waals surface area (Å²) in [6, 6.07) is 7.09. The number of aromatic nitrogens is 2. The van der Waals surface area contributed by atoms with E-state index in [1.807, 2.05) is 13.8 Å². The van der Waals surface area contributed by atoms with Crippen LogP contribution in [0.5, 0.6) is 5.75 Å². The average Bonchev–Trinajstić information content (AvgIpc) is 2.82. The lowest BCUT2D eigenvalue weighted by Crippen LogP contribution is -2.06. The first-order chi connectivity index (χ1) is 8.16. The molecule has 5 heteroatoms. The van der Waals surface area contributed by atoms with Crippen molar-refractivity contribution in [3.8, 4) is 5.75 Å². The van der Waals surface area contributed by atoms with E-state index in [9.17, 15) is 4.79 Å². The maximum atomic E-state index is 11.9. The first-order valence-electron chi connectivity index (χ1n) is 5.25. The van der Waals surface area contributed by atoms with Crippen molar-refractivity contribution in [2.24, 2.45) is 0 Å². The van der Waals surface area contributed by atoms with Crippen LogP contribution < -0.4 is 4.74 Å². The van der Waals surface area contributed by atoms with Crippen molar-refractivity contribution in [2.45, 2.75) is 20.0 Å². The van der Waals surface area contributed by atoms with E-state index >= 15 is 0 Å². The van der Waals surface area contributed by atoms with Gasteiger partial charge in [-0.1, -0.05) is 4.49 Å². The monoisotopic (exact) mass is 248 g/mol. The first-order valence-corrected chi connectivity index (χ1v) is 6.03. The Balaban J connectivity index is 2.15. The van der Waals surface area contributed by atoms with E-state index in [0.29, 0.717) is 10.4 Å². The van der Waals surface area contributed by atoms with Crippen molar-refractivity contribution in [3.63, 3.8) is 0 Å². The normalized spacial score (nSPS) is 10.5. The van der Waals surface area contributed by atoms with Gasteiger partial charge in [-0.3, -0.25) is 4.79 Å². The lowest BCUT2D eigenvalue weighted by molar-refractivity contribution is 0.104. The SMILES string of the molecule is CC(C)Oc1ccc(C(=O)c2cnns2)cc1. The number of hydrogen-bond acceptors (Lipinski definition) is 5. The highest BCUT2D eigenvalue weighted by atomic mass is 32.1. The molecule has 0 saturated heterocycles. The van der Waals surface area contributed by atoms with Gasteiger partial charge >= 0.3 is 0 Å². The summed E-state index contributed by atoms with van der Waals surface area (Å²) in [5.41, 5.74) is 0.618. The lowest BCUT2D eigenvalue weighted by atomic mass is 10.1. The number of benzene rings is 1. The summed E-state index contributed by atoms with van der Waals surface area (Å²) in [6.45, 7) is 3.92. The number of carbonyl (C=O) groups is 1. The molecule has 2 aromatic rings. The van der Waals surface area contributed by atoms with Crippen LogP contribution in [0.2, 0.25) is 0 Å². The van der Waals surface area contributed by atoms with Gasteiger partial charge in [-0.05, 0) is 49.6 Å². The second-order valence-corrected chi connectivity index (χ2v) is 4.59. The Morgan fingerprint density at radius 3 is 2.53 bits per heavy atom. The van der Waals surface area contributed by atoms with Crippen LogP contribution in [0.1, 0.15) is 29.1 Å². The molecule has 88 valence electrons. The Bertz CT molecular complexity index is 492. The molecule has 1 aromatic carbocycles. The minimum Gasteiger partial charge on any atom is -0.491 e. The Hall–Kier alpha value is -1.75. The summed E-state index contributed by atoms with van der Waals surface area (Å²) in [7, 11) is 0. The van der Waals surface area contributed by atoms with Crippen LogP contribution in [0.25, 0.3) is 0 Å². The fourth-order valence-electron chi connectivity index (χ4n) is 1.37. The van der Waals surface area contributed by atoms with E-state index < -0.39 is 0 Å². The molecule has 0 spiro atoms. The van der Waals surface area contributed by atoms with E-state index in [1.165, 1.54) is 6.20 Å². The van der Waals surface area contributed by atoms with E-state index in [1.54, 1.807) is 24.3 Å². The average molecular weight is 248 g/mol. The van der Waals surface area contributed by atoms with E-state index in [-0.39, 0.29) is 11.9 Å². The zero-order valence-electron chi connectivity index (χ0n) is 9.58. The molecule has 0 radical (unpaired) electrons. The molecule has 0 fully saturated rings. The summed E-state index contributed by atoms with van der Waals surface area (Å²) in [5.74, 6) is 0.704. The van der Waals surface area contributed by atoms with Gasteiger partial charge in [0.05, 0.1) is 12.3 Å². The quantitative estimate of drug-likeness (QED) is 0.780. The number of nitrogens with zero attached hydrogens (tertiary/aromatic N) is 2. The van der Waals surface area contributed by atoms with Gasteiger partial charge in [0.1, 0.15) is 10.6 Å². The first kappa shape index (κ1) is 11.7. The van der Waals surface area contributed by atoms with Gasteiger partial charge in [0.25, 0.3) is 0 Å². The van der Waals surface area contributed by atoms with E-state index in [2.05, 4.69) is 9.59 Å². The molecule has 0 N–H and O–H groups in total. The topological polar surface area (TPSA) is 52.1 Å². The van der Waals surface area contributed by atoms with Crippen LogP contribution in [0.4, 0.5) is 0 Å². The lowest BCUT2D eigenvalue weighted by Gasteiger charge is -2.09. The summed E-state index contributed by atoms with van der Waals surface area (Å²) in [4.78, 5) is 12.5. The molecule has 0 atom stereocenters. The number of hydrogen-bond donors (Lipinski definition) is 0. The van der Waals surface area contributed by atoms with Crippen LogP contribution in [0, 0.1) is 0 Å². The second-order valence-electron chi connectivity index (χ2n) is 3.80. The molecule has 17 heavy (non-hydrogen) atoms. The maximum absolute atomic E-state index is 11.9. The predicted octanol–water partition coefficient (Wildman–Crippen LogP) is 2.56. The fraction of sp³-hybridized carbons (Fsp3) is 0.250.